The molecule has 0 aliphatic carbocycles. The number of carbonyl (C=O) groups excluding carboxylic acids is 2. The van der Waals surface area contributed by atoms with E-state index in [-0.39, 0.29) is 24.4 Å². The van der Waals surface area contributed by atoms with E-state index in [1.54, 1.807) is 0 Å². The van der Waals surface area contributed by atoms with Crippen molar-refractivity contribution in [2.45, 2.75) is 19.4 Å². The predicted molar refractivity (Wildman–Crippen MR) is 69.7 cm³/mol. The zero-order valence-corrected chi connectivity index (χ0v) is 10.5. The highest BCUT2D eigenvalue weighted by molar-refractivity contribution is 5.83. The molecule has 98 valence electrons. The number of rotatable bonds is 6. The van der Waals surface area contributed by atoms with Gasteiger partial charge < -0.3 is 16.4 Å². The van der Waals surface area contributed by atoms with Gasteiger partial charge in [0.1, 0.15) is 0 Å². The fraction of sp³-hybridized carbons (Fsp3) is 0.385. The Labute approximate surface area is 107 Å². The van der Waals surface area contributed by atoms with Gasteiger partial charge in [-0.1, -0.05) is 30.3 Å². The molecule has 0 heterocycles. The molecule has 0 spiro atoms. The van der Waals surface area contributed by atoms with Gasteiger partial charge in [0.2, 0.25) is 11.8 Å². The highest BCUT2D eigenvalue weighted by atomic mass is 16.2. The predicted octanol–water partition coefficient (Wildman–Crippen LogP) is 0.329. The lowest BCUT2D eigenvalue weighted by atomic mass is 10.1. The summed E-state index contributed by atoms with van der Waals surface area (Å²) in [5.41, 5.74) is 7.03. The van der Waals surface area contributed by atoms with E-state index in [1.165, 1.54) is 6.92 Å². The second-order valence-electron chi connectivity index (χ2n) is 4.07. The number of amides is 2. The van der Waals surface area contributed by atoms with Crippen molar-refractivity contribution in [2.24, 2.45) is 5.73 Å². The Morgan fingerprint density at radius 1 is 1.22 bits per heavy atom. The molecule has 1 aromatic carbocycles. The van der Waals surface area contributed by atoms with Crippen LogP contribution in [0.25, 0.3) is 0 Å². The molecule has 5 heteroatoms. The van der Waals surface area contributed by atoms with E-state index in [0.717, 1.165) is 5.56 Å². The molecule has 0 bridgehead atoms. The van der Waals surface area contributed by atoms with Gasteiger partial charge in [0, 0.05) is 19.5 Å². The number of hydrogen-bond donors (Lipinski definition) is 3. The molecule has 4 N–H and O–H groups in total. The Bertz CT molecular complexity index is 392. The molecule has 0 saturated carbocycles. The Hall–Kier alpha value is -1.88. The molecule has 1 unspecified atom stereocenters. The molecule has 0 fully saturated rings. The molecule has 1 aromatic rings. The zero-order valence-electron chi connectivity index (χ0n) is 10.5. The quantitative estimate of drug-likeness (QED) is 0.679. The maximum atomic E-state index is 11.3. The van der Waals surface area contributed by atoms with Crippen LogP contribution in [0.3, 0.4) is 0 Å². The van der Waals surface area contributed by atoms with Crippen LogP contribution >= 0.6 is 0 Å². The Kier molecular flexibility index (Phi) is 5.87. The lowest BCUT2D eigenvalue weighted by Crippen LogP contribution is -2.37. The van der Waals surface area contributed by atoms with Crippen LogP contribution in [0.5, 0.6) is 0 Å². The van der Waals surface area contributed by atoms with Crippen LogP contribution in [0.15, 0.2) is 30.3 Å². The molecule has 0 aromatic heterocycles. The molecule has 1 atom stereocenters. The van der Waals surface area contributed by atoms with Crippen LogP contribution < -0.4 is 16.4 Å². The molecule has 0 aliphatic heterocycles. The maximum absolute atomic E-state index is 11.3. The fourth-order valence-electron chi connectivity index (χ4n) is 1.50. The highest BCUT2D eigenvalue weighted by Crippen LogP contribution is 2.11. The van der Waals surface area contributed by atoms with Crippen molar-refractivity contribution in [3.05, 3.63) is 35.9 Å². The molecule has 0 radical (unpaired) electrons. The summed E-state index contributed by atoms with van der Waals surface area (Å²) >= 11 is 0. The molecule has 18 heavy (non-hydrogen) atoms. The first-order valence-corrected chi connectivity index (χ1v) is 5.91. The van der Waals surface area contributed by atoms with Crippen molar-refractivity contribution in [3.8, 4) is 0 Å². The minimum Gasteiger partial charge on any atom is -0.354 e. The van der Waals surface area contributed by atoms with E-state index < -0.39 is 0 Å². The van der Waals surface area contributed by atoms with Gasteiger partial charge in [-0.15, -0.1) is 0 Å². The number of hydrogen-bond acceptors (Lipinski definition) is 3. The Balaban J connectivity index is 2.21. The lowest BCUT2D eigenvalue weighted by molar-refractivity contribution is -0.125. The van der Waals surface area contributed by atoms with Crippen LogP contribution in [0, 0.1) is 0 Å². The number of nitrogens with one attached hydrogen (secondary N) is 2. The smallest absolute Gasteiger partial charge is 0.239 e. The van der Waals surface area contributed by atoms with Crippen molar-refractivity contribution >= 4 is 11.8 Å². The van der Waals surface area contributed by atoms with Crippen LogP contribution in [-0.4, -0.2) is 24.9 Å². The van der Waals surface area contributed by atoms with E-state index >= 15 is 0 Å². The second kappa shape index (κ2) is 7.45. The first kappa shape index (κ1) is 14.2. The van der Waals surface area contributed by atoms with E-state index in [1.807, 2.05) is 30.3 Å². The molecule has 1 rings (SSSR count). The first-order chi connectivity index (χ1) is 8.59. The van der Waals surface area contributed by atoms with Gasteiger partial charge in [-0.2, -0.15) is 0 Å². The zero-order chi connectivity index (χ0) is 13.4. The minimum absolute atomic E-state index is 0.00983. The van der Waals surface area contributed by atoms with Crippen LogP contribution in [0.4, 0.5) is 0 Å². The molecule has 0 saturated heterocycles. The van der Waals surface area contributed by atoms with Crippen molar-refractivity contribution in [3.63, 3.8) is 0 Å². The summed E-state index contributed by atoms with van der Waals surface area (Å²) in [5.74, 6) is -0.420. The summed E-state index contributed by atoms with van der Waals surface area (Å²) in [6, 6.07) is 9.64. The number of carbonyl (C=O) groups is 2. The highest BCUT2D eigenvalue weighted by Gasteiger charge is 2.06. The van der Waals surface area contributed by atoms with Gasteiger partial charge in [-0.3, -0.25) is 9.59 Å². The standard InChI is InChI=1S/C13H19N3O2/c1-10(17)16-9-13(18)15-8-7-12(14)11-5-3-2-4-6-11/h2-6,12H,7-9,14H2,1H3,(H,15,18)(H,16,17). The van der Waals surface area contributed by atoms with E-state index in [0.29, 0.717) is 13.0 Å². The minimum atomic E-state index is -0.217. The maximum Gasteiger partial charge on any atom is 0.239 e. The van der Waals surface area contributed by atoms with Crippen molar-refractivity contribution in [2.75, 3.05) is 13.1 Å². The van der Waals surface area contributed by atoms with Crippen molar-refractivity contribution < 1.29 is 9.59 Å². The molecule has 2 amide bonds. The SMILES string of the molecule is CC(=O)NCC(=O)NCCC(N)c1ccccc1. The third-order valence-corrected chi connectivity index (χ3v) is 2.50. The number of nitrogens with two attached hydrogens (primary N) is 1. The normalized spacial score (nSPS) is 11.7. The van der Waals surface area contributed by atoms with Gasteiger partial charge >= 0.3 is 0 Å². The van der Waals surface area contributed by atoms with E-state index in [2.05, 4.69) is 10.6 Å². The van der Waals surface area contributed by atoms with Crippen molar-refractivity contribution in [1.82, 2.24) is 10.6 Å². The summed E-state index contributed by atoms with van der Waals surface area (Å²) in [7, 11) is 0. The third-order valence-electron chi connectivity index (χ3n) is 2.50. The average Bonchev–Trinajstić information content (AvgIpc) is 2.37. The molecule has 5 nitrogen and oxygen atoms in total. The Morgan fingerprint density at radius 2 is 1.89 bits per heavy atom. The topological polar surface area (TPSA) is 84.2 Å². The summed E-state index contributed by atoms with van der Waals surface area (Å²) in [6.45, 7) is 1.88. The van der Waals surface area contributed by atoms with Gasteiger partial charge in [0.05, 0.1) is 6.54 Å². The average molecular weight is 249 g/mol. The largest absolute Gasteiger partial charge is 0.354 e. The van der Waals surface area contributed by atoms with E-state index in [9.17, 15) is 9.59 Å². The van der Waals surface area contributed by atoms with Crippen LogP contribution in [0.1, 0.15) is 24.9 Å². The molecular weight excluding hydrogens is 230 g/mol. The number of benzene rings is 1. The first-order valence-electron chi connectivity index (χ1n) is 5.91. The van der Waals surface area contributed by atoms with Gasteiger partial charge in [-0.25, -0.2) is 0 Å². The van der Waals surface area contributed by atoms with Gasteiger partial charge in [0.25, 0.3) is 0 Å². The third kappa shape index (κ3) is 5.45. The van der Waals surface area contributed by atoms with E-state index in [4.69, 9.17) is 5.73 Å². The summed E-state index contributed by atoms with van der Waals surface area (Å²) in [4.78, 5) is 21.9. The fourth-order valence-corrected chi connectivity index (χ4v) is 1.50. The van der Waals surface area contributed by atoms with Crippen LogP contribution in [0.2, 0.25) is 0 Å². The monoisotopic (exact) mass is 249 g/mol. The second-order valence-corrected chi connectivity index (χ2v) is 4.07. The summed E-state index contributed by atoms with van der Waals surface area (Å²) in [5, 5.41) is 5.14. The summed E-state index contributed by atoms with van der Waals surface area (Å²) < 4.78 is 0. The molecule has 0 aliphatic rings. The summed E-state index contributed by atoms with van der Waals surface area (Å²) in [6.07, 6.45) is 0.663. The molecular formula is C13H19N3O2. The van der Waals surface area contributed by atoms with Crippen LogP contribution in [-0.2, 0) is 9.59 Å². The Morgan fingerprint density at radius 3 is 2.50 bits per heavy atom. The lowest BCUT2D eigenvalue weighted by Gasteiger charge is -2.12. The van der Waals surface area contributed by atoms with Crippen molar-refractivity contribution in [1.29, 1.82) is 0 Å². The van der Waals surface area contributed by atoms with Gasteiger partial charge in [-0.05, 0) is 12.0 Å². The van der Waals surface area contributed by atoms with Gasteiger partial charge in [0.15, 0.2) is 0 Å².